The number of benzene rings is 4. The van der Waals surface area contributed by atoms with Crippen LogP contribution in [0.2, 0.25) is 10.0 Å². The Hall–Kier alpha value is -12.6. The number of phenolic OH excluding ortho intramolecular Hbond substituents is 8. The van der Waals surface area contributed by atoms with Gasteiger partial charge in [-0.05, 0) is 221 Å². The van der Waals surface area contributed by atoms with E-state index in [2.05, 4.69) is 20.6 Å². The lowest BCUT2D eigenvalue weighted by Crippen LogP contribution is -2.33. The lowest BCUT2D eigenvalue weighted by atomic mass is 9.98. The van der Waals surface area contributed by atoms with Crippen molar-refractivity contribution in [2.75, 3.05) is 78.8 Å². The molecule has 4 aromatic carbocycles. The zero-order valence-electron chi connectivity index (χ0n) is 79.9. The Morgan fingerprint density at radius 3 is 0.799 bits per heavy atom. The molecule has 4 atom stereocenters. The smallest absolute Gasteiger partial charge is 0.342 e. The predicted molar refractivity (Wildman–Crippen MR) is 516 cm³/mol. The Morgan fingerprint density at radius 1 is 0.336 bits per heavy atom. The van der Waals surface area contributed by atoms with Gasteiger partial charge in [-0.25, -0.2) is 19.2 Å². The van der Waals surface area contributed by atoms with Crippen molar-refractivity contribution in [3.8, 4) is 46.0 Å². The van der Waals surface area contributed by atoms with Crippen molar-refractivity contribution in [2.45, 2.75) is 238 Å². The Kier molecular flexibility index (Phi) is 48.8. The van der Waals surface area contributed by atoms with Crippen LogP contribution in [0.1, 0.15) is 252 Å². The third kappa shape index (κ3) is 37.5. The molecule has 0 spiro atoms. The number of carbonyl (C=O) groups excluding carboxylic acids is 8. The number of hydrogen-bond donors (Lipinski definition) is 8. The van der Waals surface area contributed by atoms with Crippen LogP contribution in [-0.4, -0.2) is 234 Å². The Bertz CT molecular complexity index is 4760. The number of fused-ring (bicyclic) bond motifs is 4. The van der Waals surface area contributed by atoms with Gasteiger partial charge in [0.25, 0.3) is 23.6 Å². The van der Waals surface area contributed by atoms with Crippen molar-refractivity contribution in [3.63, 3.8) is 0 Å². The van der Waals surface area contributed by atoms with E-state index in [-0.39, 0.29) is 166 Å². The van der Waals surface area contributed by atoms with Crippen molar-refractivity contribution in [1.29, 1.82) is 0 Å². The van der Waals surface area contributed by atoms with Gasteiger partial charge in [0.2, 0.25) is 0 Å². The fourth-order valence-corrected chi connectivity index (χ4v) is 14.7. The molecule has 4 aromatic rings. The van der Waals surface area contributed by atoms with Gasteiger partial charge in [-0.15, -0.1) is 0 Å². The zero-order valence-corrected chi connectivity index (χ0v) is 81.5. The molecular formula is C100H134Cl2N8O24. The summed E-state index contributed by atoms with van der Waals surface area (Å²) >= 11 is 12.7. The van der Waals surface area contributed by atoms with Gasteiger partial charge in [0, 0.05) is 128 Å². The lowest BCUT2D eigenvalue weighted by molar-refractivity contribution is -0.136. The number of aromatic hydroxyl groups is 8. The molecule has 134 heavy (non-hydrogen) atoms. The summed E-state index contributed by atoms with van der Waals surface area (Å²) in [5, 5.41) is 98.5. The normalized spacial score (nSPS) is 21.1. The second kappa shape index (κ2) is 58.4. The lowest BCUT2D eigenvalue weighted by Gasteiger charge is -2.18. The van der Waals surface area contributed by atoms with Crippen LogP contribution in [0.5, 0.6) is 46.0 Å². The van der Waals surface area contributed by atoms with E-state index in [9.17, 15) is 79.2 Å². The van der Waals surface area contributed by atoms with E-state index in [0.717, 1.165) is 97.9 Å². The Morgan fingerprint density at radius 2 is 0.560 bits per heavy atom. The van der Waals surface area contributed by atoms with Crippen LogP contribution in [0.4, 0.5) is 0 Å². The van der Waals surface area contributed by atoms with E-state index < -0.39 is 47.6 Å². The molecule has 0 saturated carbocycles. The monoisotopic (exact) mass is 1900 g/mol. The molecule has 32 nitrogen and oxygen atoms in total. The van der Waals surface area contributed by atoms with Crippen LogP contribution in [0.15, 0.2) is 152 Å². The Balaban J connectivity index is 0.000000316. The first-order chi connectivity index (χ1) is 63.8. The number of amides is 4. The zero-order chi connectivity index (χ0) is 99.3. The number of phenols is 8. The molecule has 4 aliphatic heterocycles. The average Bonchev–Trinajstić information content (AvgIpc) is 0.799. The summed E-state index contributed by atoms with van der Waals surface area (Å²) in [5.74, 6) is -6.41. The summed E-state index contributed by atoms with van der Waals surface area (Å²) in [5.41, 5.74) is 6.38. The third-order valence-corrected chi connectivity index (χ3v) is 22.3. The van der Waals surface area contributed by atoms with Crippen molar-refractivity contribution >= 4 is 93.6 Å². The SMILES string of the molecule is CCN(CC)C(=O)CO/N=C1/C=C(\C)CC/C=C/C[C@@H](C)OC(=O)c2c(O)cc(O)c(Cl)c2C1.CCN(CC)C(=O)CO/N=C1/C=C(\C)CC/C=C/C[C@@H](C)OC(=O)c2c(O)cc(O)cc2C1.CCN(CC)C(=O)CO/N=C1\C=C(/C)CC/C=C/C[C@@H](C)OC(=O)c2c(O)cc(O)c(Cl)c2C1.CCN(CC)C(=O)CO/N=C1\C=C(/C)CC/C=C/C[C@@H](C)OC(=O)c2c(O)cc(O)cc2C1. The Labute approximate surface area is 795 Å². The van der Waals surface area contributed by atoms with Crippen molar-refractivity contribution < 1.29 is 118 Å². The molecule has 0 aliphatic carbocycles. The third-order valence-electron chi connectivity index (χ3n) is 21.5. The summed E-state index contributed by atoms with van der Waals surface area (Å²) < 4.78 is 22.0. The first kappa shape index (κ1) is 112. The summed E-state index contributed by atoms with van der Waals surface area (Å²) in [6.45, 7) is 33.6. The average molecular weight is 1900 g/mol. The van der Waals surface area contributed by atoms with E-state index in [1.54, 1.807) is 59.4 Å². The summed E-state index contributed by atoms with van der Waals surface area (Å²) in [7, 11) is 0. The highest BCUT2D eigenvalue weighted by molar-refractivity contribution is 6.34. The number of carbonyl (C=O) groups is 8. The molecule has 0 unspecified atom stereocenters. The minimum Gasteiger partial charge on any atom is -0.508 e. The number of oxime groups is 4. The number of cyclic esters (lactones) is 4. The summed E-state index contributed by atoms with van der Waals surface area (Å²) in [4.78, 5) is 128. The van der Waals surface area contributed by atoms with E-state index in [1.807, 2.05) is 144 Å². The number of ether oxygens (including phenoxy) is 4. The quantitative estimate of drug-likeness (QED) is 0.0176. The fraction of sp³-hybridized carbons (Fsp3) is 0.480. The van der Waals surface area contributed by atoms with Crippen LogP contribution in [0, 0.1) is 0 Å². The van der Waals surface area contributed by atoms with E-state index >= 15 is 0 Å². The second-order valence-corrected chi connectivity index (χ2v) is 33.1. The second-order valence-electron chi connectivity index (χ2n) is 32.4. The summed E-state index contributed by atoms with van der Waals surface area (Å²) in [6, 6.07) is 7.01. The van der Waals surface area contributed by atoms with Crippen molar-refractivity contribution in [2.24, 2.45) is 20.6 Å². The molecule has 732 valence electrons. The first-order valence-electron chi connectivity index (χ1n) is 45.4. The van der Waals surface area contributed by atoms with Gasteiger partial charge in [-0.3, -0.25) is 19.2 Å². The predicted octanol–water partition coefficient (Wildman–Crippen LogP) is 17.8. The number of hydrogen-bond acceptors (Lipinski definition) is 28. The topological polar surface area (TPSA) is 435 Å². The van der Waals surface area contributed by atoms with Crippen LogP contribution in [-0.2, 0) is 83.2 Å². The van der Waals surface area contributed by atoms with Gasteiger partial charge >= 0.3 is 23.9 Å². The number of rotatable bonds is 20. The fourth-order valence-electron chi connectivity index (χ4n) is 14.2. The standard InChI is InChI=1S/2C25H33ClN2O6.2C25H34N2O6/c2*1-5-28(6-2)22(31)15-33-27-18-12-16(3)10-8-7-9-11-17(4)34-25(32)23-19(13-18)24(26)21(30)14-20(23)29;2*1-5-27(6-2)23(30)16-32-26-20-12-17(3)10-8-7-9-11-18(4)33-25(31)24-19(13-20)14-21(28)15-22(24)29/h2*7,9,12,14,17,29-30H,5-6,8,10-11,13,15H2,1-4H3;2*7,9,12,14-15,18,28-29H,5-6,8,10-11,13,16H2,1-4H3/b9-7+,16-12+,27-18+;9-7+,16-12+,27-18-;9-7+,17-12+,26-20+;9-7+,17-12+,26-20-/t2*17-;2*18-/m1111/s1. The number of halogens is 2. The van der Waals surface area contributed by atoms with Crippen LogP contribution >= 0.6 is 23.2 Å². The number of allylic oxidation sites excluding steroid dienone is 12. The maximum Gasteiger partial charge on any atom is 0.342 e. The van der Waals surface area contributed by atoms with Crippen molar-refractivity contribution in [1.82, 2.24) is 19.6 Å². The van der Waals surface area contributed by atoms with E-state index in [1.165, 1.54) is 12.1 Å². The van der Waals surface area contributed by atoms with E-state index in [0.29, 0.717) is 112 Å². The van der Waals surface area contributed by atoms with Crippen LogP contribution < -0.4 is 0 Å². The van der Waals surface area contributed by atoms with Gasteiger partial charge < -0.3 is 98.7 Å². The van der Waals surface area contributed by atoms with Gasteiger partial charge in [0.05, 0.1) is 32.9 Å². The molecule has 0 bridgehead atoms. The largest absolute Gasteiger partial charge is 0.508 e. The minimum absolute atomic E-state index is 0.0290. The molecule has 0 saturated heterocycles. The highest BCUT2D eigenvalue weighted by Gasteiger charge is 2.31. The molecule has 34 heteroatoms. The van der Waals surface area contributed by atoms with Crippen LogP contribution in [0.3, 0.4) is 0 Å². The first-order valence-corrected chi connectivity index (χ1v) is 46.1. The maximum absolute atomic E-state index is 12.9. The van der Waals surface area contributed by atoms with Gasteiger partial charge in [-0.1, -0.05) is 115 Å². The van der Waals surface area contributed by atoms with Gasteiger partial charge in [0.1, 0.15) is 92.7 Å². The number of esters is 4. The molecule has 0 fully saturated rings. The van der Waals surface area contributed by atoms with Gasteiger partial charge in [-0.2, -0.15) is 0 Å². The molecular weight excluding hydrogens is 1770 g/mol. The number of likely N-dealkylation sites (N-methyl/N-ethyl adjacent to an activating group) is 4. The molecule has 0 radical (unpaired) electrons. The van der Waals surface area contributed by atoms with Crippen molar-refractivity contribution in [3.05, 3.63) is 186 Å². The van der Waals surface area contributed by atoms with Crippen LogP contribution in [0.25, 0.3) is 0 Å². The molecule has 4 amide bonds. The number of nitrogens with zero attached hydrogens (tertiary/aromatic N) is 8. The molecule has 0 aromatic heterocycles. The highest BCUT2D eigenvalue weighted by Crippen LogP contribution is 2.40. The summed E-state index contributed by atoms with van der Waals surface area (Å²) in [6.07, 6.45) is 30.1. The maximum atomic E-state index is 12.9. The molecule has 8 rings (SSSR count). The molecule has 4 heterocycles. The highest BCUT2D eigenvalue weighted by atomic mass is 35.5. The minimum atomic E-state index is -0.759. The molecule has 8 N–H and O–H groups in total. The van der Waals surface area contributed by atoms with Gasteiger partial charge in [0.15, 0.2) is 26.4 Å². The van der Waals surface area contributed by atoms with E-state index in [4.69, 9.17) is 61.5 Å². The molecule has 4 aliphatic rings.